The molecular formula is C10H12INO3S. The van der Waals surface area contributed by atoms with Gasteiger partial charge in [-0.05, 0) is 24.3 Å². The average Bonchev–Trinajstić information content (AvgIpc) is 2.28. The third-order valence-corrected chi connectivity index (χ3v) is 6.66. The Hall–Kier alpha value is -0.630. The van der Waals surface area contributed by atoms with Crippen LogP contribution in [0.15, 0.2) is 24.3 Å². The van der Waals surface area contributed by atoms with Gasteiger partial charge in [0.15, 0.2) is 18.9 Å². The third kappa shape index (κ3) is 2.94. The topological polar surface area (TPSA) is 77.2 Å². The van der Waals surface area contributed by atoms with Crippen molar-refractivity contribution >= 4 is 43.9 Å². The summed E-state index contributed by atoms with van der Waals surface area (Å²) in [7, 11) is -3.35. The van der Waals surface area contributed by atoms with Crippen LogP contribution < -0.4 is 5.73 Å². The number of benzene rings is 1. The lowest BCUT2D eigenvalue weighted by Gasteiger charge is -2.08. The third-order valence-electron chi connectivity index (χ3n) is 2.12. The van der Waals surface area contributed by atoms with Crippen LogP contribution in [0.3, 0.4) is 0 Å². The van der Waals surface area contributed by atoms with Gasteiger partial charge in [-0.15, -0.1) is 0 Å². The molecule has 0 radical (unpaired) electrons. The van der Waals surface area contributed by atoms with Crippen molar-refractivity contribution in [1.29, 1.82) is 0 Å². The summed E-state index contributed by atoms with van der Waals surface area (Å²) in [6.07, 6.45) is 0. The molecule has 1 unspecified atom stereocenters. The molecule has 16 heavy (non-hydrogen) atoms. The molecule has 1 rings (SSSR count). The van der Waals surface area contributed by atoms with Gasteiger partial charge in [0.25, 0.3) is 0 Å². The van der Waals surface area contributed by atoms with Crippen LogP contribution in [0.1, 0.15) is 17.3 Å². The van der Waals surface area contributed by atoms with Crippen molar-refractivity contribution in [2.24, 2.45) is 0 Å². The van der Waals surface area contributed by atoms with Crippen LogP contribution in [-0.4, -0.2) is 23.2 Å². The molecule has 0 aromatic heterocycles. The molecule has 1 aromatic carbocycles. The van der Waals surface area contributed by atoms with E-state index in [4.69, 9.17) is 5.73 Å². The first kappa shape index (κ1) is 13.4. The number of nitrogen functional groups attached to an aromatic ring is 1. The minimum absolute atomic E-state index is 0.0404. The number of sulfone groups is 1. The lowest BCUT2D eigenvalue weighted by atomic mass is 10.1. The first-order chi connectivity index (χ1) is 7.38. The number of Topliss-reactive ketones (excluding diaryl/α,β-unsaturated/α-hetero) is 1. The second kappa shape index (κ2) is 5.13. The quantitative estimate of drug-likeness (QED) is 0.387. The van der Waals surface area contributed by atoms with Crippen LogP contribution in [0.5, 0.6) is 0 Å². The van der Waals surface area contributed by atoms with E-state index in [0.29, 0.717) is 11.3 Å². The SMILES string of the molecule is CCS(=O)(=O)C(I)C(=O)c1ccc(N)cc1. The van der Waals surface area contributed by atoms with Gasteiger partial charge in [-0.1, -0.05) is 29.5 Å². The van der Waals surface area contributed by atoms with Crippen LogP contribution in [-0.2, 0) is 9.84 Å². The van der Waals surface area contributed by atoms with Gasteiger partial charge in [0, 0.05) is 17.0 Å². The minimum atomic E-state index is -3.35. The Morgan fingerprint density at radius 3 is 2.31 bits per heavy atom. The van der Waals surface area contributed by atoms with E-state index in [1.165, 1.54) is 19.1 Å². The van der Waals surface area contributed by atoms with Gasteiger partial charge in [0.1, 0.15) is 0 Å². The van der Waals surface area contributed by atoms with E-state index >= 15 is 0 Å². The number of hydrogen-bond acceptors (Lipinski definition) is 4. The Morgan fingerprint density at radius 1 is 1.38 bits per heavy atom. The molecule has 1 atom stereocenters. The van der Waals surface area contributed by atoms with E-state index in [-0.39, 0.29) is 5.75 Å². The number of halogens is 1. The van der Waals surface area contributed by atoms with Gasteiger partial charge >= 0.3 is 0 Å². The maximum absolute atomic E-state index is 11.8. The molecule has 2 N–H and O–H groups in total. The van der Waals surface area contributed by atoms with E-state index in [1.54, 1.807) is 34.7 Å². The number of carbonyl (C=O) groups excluding carboxylic acids is 1. The molecule has 0 saturated carbocycles. The molecule has 0 spiro atoms. The van der Waals surface area contributed by atoms with E-state index in [2.05, 4.69) is 0 Å². The van der Waals surface area contributed by atoms with Gasteiger partial charge < -0.3 is 5.73 Å². The fourth-order valence-corrected chi connectivity index (χ4v) is 3.28. The molecule has 0 fully saturated rings. The zero-order valence-corrected chi connectivity index (χ0v) is 11.7. The van der Waals surface area contributed by atoms with Crippen molar-refractivity contribution in [2.45, 2.75) is 10.2 Å². The highest BCUT2D eigenvalue weighted by atomic mass is 127. The highest BCUT2D eigenvalue weighted by molar-refractivity contribution is 14.1. The van der Waals surface area contributed by atoms with Crippen LogP contribution in [0.2, 0.25) is 0 Å². The number of hydrogen-bond donors (Lipinski definition) is 1. The second-order valence-corrected chi connectivity index (χ2v) is 7.72. The van der Waals surface area contributed by atoms with E-state index in [9.17, 15) is 13.2 Å². The molecule has 0 bridgehead atoms. The summed E-state index contributed by atoms with van der Waals surface area (Å²) < 4.78 is 22.0. The second-order valence-electron chi connectivity index (χ2n) is 3.25. The van der Waals surface area contributed by atoms with Gasteiger partial charge in [0.2, 0.25) is 0 Å². The fraction of sp³-hybridized carbons (Fsp3) is 0.300. The van der Waals surface area contributed by atoms with Gasteiger partial charge in [0.05, 0.1) is 0 Å². The fourth-order valence-electron chi connectivity index (χ4n) is 1.09. The van der Waals surface area contributed by atoms with Crippen LogP contribution in [0.25, 0.3) is 0 Å². The summed E-state index contributed by atoms with van der Waals surface area (Å²) >= 11 is 1.65. The summed E-state index contributed by atoms with van der Waals surface area (Å²) in [5.41, 5.74) is 6.39. The van der Waals surface area contributed by atoms with Crippen molar-refractivity contribution in [1.82, 2.24) is 0 Å². The summed E-state index contributed by atoms with van der Waals surface area (Å²) in [4.78, 5) is 11.8. The highest BCUT2D eigenvalue weighted by Crippen LogP contribution is 2.18. The molecule has 0 amide bonds. The van der Waals surface area contributed by atoms with Crippen molar-refractivity contribution in [3.63, 3.8) is 0 Å². The number of carbonyl (C=O) groups is 1. The summed E-state index contributed by atoms with van der Waals surface area (Å²) in [5, 5.41) is 0. The first-order valence-electron chi connectivity index (χ1n) is 4.64. The summed E-state index contributed by atoms with van der Waals surface area (Å²) in [6.45, 7) is 1.53. The molecule has 0 aliphatic carbocycles. The smallest absolute Gasteiger partial charge is 0.190 e. The first-order valence-corrected chi connectivity index (χ1v) is 7.60. The number of alkyl halides is 1. The van der Waals surface area contributed by atoms with Crippen molar-refractivity contribution in [2.75, 3.05) is 11.5 Å². The lowest BCUT2D eigenvalue weighted by molar-refractivity contribution is 0.101. The number of rotatable bonds is 4. The number of nitrogens with two attached hydrogens (primary N) is 1. The normalized spacial score (nSPS) is 13.4. The molecule has 0 aliphatic rings. The van der Waals surface area contributed by atoms with Crippen molar-refractivity contribution in [3.05, 3.63) is 29.8 Å². The molecule has 4 nitrogen and oxygen atoms in total. The maximum Gasteiger partial charge on any atom is 0.190 e. The van der Waals surface area contributed by atoms with Gasteiger partial charge in [-0.25, -0.2) is 8.42 Å². The zero-order valence-electron chi connectivity index (χ0n) is 8.68. The average molecular weight is 353 g/mol. The maximum atomic E-state index is 11.8. The number of ketones is 1. The van der Waals surface area contributed by atoms with E-state index in [0.717, 1.165) is 0 Å². The Bertz CT molecular complexity index is 481. The Balaban J connectivity index is 2.99. The minimum Gasteiger partial charge on any atom is -0.399 e. The Morgan fingerprint density at radius 2 is 1.88 bits per heavy atom. The standard InChI is InChI=1S/C10H12INO3S/c1-2-16(14,15)10(11)9(13)7-3-5-8(12)6-4-7/h3-6,10H,2,12H2,1H3. The predicted molar refractivity (Wildman–Crippen MR) is 72.5 cm³/mol. The molecule has 88 valence electrons. The largest absolute Gasteiger partial charge is 0.399 e. The molecule has 0 heterocycles. The van der Waals surface area contributed by atoms with Crippen LogP contribution in [0, 0.1) is 0 Å². The molecular weight excluding hydrogens is 341 g/mol. The van der Waals surface area contributed by atoms with E-state index in [1.807, 2.05) is 0 Å². The molecule has 0 saturated heterocycles. The predicted octanol–water partition coefficient (Wildman–Crippen LogP) is 1.65. The van der Waals surface area contributed by atoms with Gasteiger partial charge in [-0.2, -0.15) is 0 Å². The Kier molecular flexibility index (Phi) is 4.31. The van der Waals surface area contributed by atoms with E-state index < -0.39 is 18.9 Å². The van der Waals surface area contributed by atoms with Crippen molar-refractivity contribution in [3.8, 4) is 0 Å². The van der Waals surface area contributed by atoms with Crippen molar-refractivity contribution < 1.29 is 13.2 Å². The monoisotopic (exact) mass is 353 g/mol. The van der Waals surface area contributed by atoms with Crippen LogP contribution in [0.4, 0.5) is 5.69 Å². The summed E-state index contributed by atoms with van der Waals surface area (Å²) in [5.74, 6) is -0.441. The van der Waals surface area contributed by atoms with Crippen LogP contribution >= 0.6 is 22.6 Å². The number of anilines is 1. The highest BCUT2D eigenvalue weighted by Gasteiger charge is 2.28. The van der Waals surface area contributed by atoms with Gasteiger partial charge in [-0.3, -0.25) is 4.79 Å². The zero-order chi connectivity index (χ0) is 12.3. The Labute approximate surface area is 108 Å². The molecule has 0 aliphatic heterocycles. The molecule has 1 aromatic rings. The molecule has 6 heteroatoms. The lowest BCUT2D eigenvalue weighted by Crippen LogP contribution is -2.25. The summed E-state index contributed by atoms with van der Waals surface area (Å²) in [6, 6.07) is 6.23.